The lowest BCUT2D eigenvalue weighted by atomic mass is 10.2. The van der Waals surface area contributed by atoms with Crippen molar-refractivity contribution >= 4 is 75.2 Å². The van der Waals surface area contributed by atoms with E-state index < -0.39 is 5.25 Å². The van der Waals surface area contributed by atoms with Gasteiger partial charge in [-0.15, -0.1) is 16.4 Å². The Balaban J connectivity index is 1.55. The molecule has 2 heterocycles. The topological polar surface area (TPSA) is 82.9 Å². The van der Waals surface area contributed by atoms with Crippen molar-refractivity contribution in [2.45, 2.75) is 11.7 Å². The minimum absolute atomic E-state index is 0.00437. The number of carbonyl (C=O) groups excluding carboxylic acids is 2. The Morgan fingerprint density at radius 1 is 1.31 bits per heavy atom. The Bertz CT molecular complexity index is 884. The maximum Gasteiger partial charge on any atom is 0.240 e. The van der Waals surface area contributed by atoms with Crippen LogP contribution in [0.3, 0.4) is 0 Å². The number of nitrogens with zero attached hydrogens (tertiary/aromatic N) is 2. The number of hydrogen-bond acceptors (Lipinski definition) is 6. The van der Waals surface area contributed by atoms with E-state index in [1.807, 2.05) is 17.5 Å². The first-order valence-electron chi connectivity index (χ1n) is 7.38. The van der Waals surface area contributed by atoms with Gasteiger partial charge in [0.15, 0.2) is 5.17 Å². The van der Waals surface area contributed by atoms with E-state index in [4.69, 9.17) is 23.2 Å². The third kappa shape index (κ3) is 5.07. The Morgan fingerprint density at radius 3 is 2.88 bits per heavy atom. The normalized spacial score (nSPS) is 18.5. The van der Waals surface area contributed by atoms with Gasteiger partial charge in [-0.05, 0) is 29.6 Å². The van der Waals surface area contributed by atoms with Crippen molar-refractivity contribution < 1.29 is 9.59 Å². The van der Waals surface area contributed by atoms with Gasteiger partial charge in [-0.3, -0.25) is 9.59 Å². The van der Waals surface area contributed by atoms with Crippen LogP contribution in [0.5, 0.6) is 0 Å². The Hall–Kier alpha value is -1.87. The largest absolute Gasteiger partial charge is 0.326 e. The van der Waals surface area contributed by atoms with Crippen LogP contribution in [0.1, 0.15) is 11.3 Å². The van der Waals surface area contributed by atoms with E-state index in [0.29, 0.717) is 20.9 Å². The van der Waals surface area contributed by atoms with Crippen LogP contribution in [0.2, 0.25) is 10.0 Å². The summed E-state index contributed by atoms with van der Waals surface area (Å²) in [5.41, 5.74) is 0.516. The van der Waals surface area contributed by atoms with Crippen molar-refractivity contribution in [2.24, 2.45) is 10.2 Å². The zero-order chi connectivity index (χ0) is 18.5. The quantitative estimate of drug-likeness (QED) is 0.559. The van der Waals surface area contributed by atoms with Gasteiger partial charge < -0.3 is 10.6 Å². The average molecular weight is 427 g/mol. The van der Waals surface area contributed by atoms with Crippen LogP contribution in [-0.4, -0.2) is 28.4 Å². The SMILES string of the molecule is O=C(C[C@@H]1S/C(=N/N=C\c2cccs2)NC1=O)Nc1ccc(Cl)c(Cl)c1. The number of hydrogen-bond donors (Lipinski definition) is 2. The third-order valence-electron chi connectivity index (χ3n) is 3.23. The molecule has 1 aliphatic heterocycles. The molecule has 2 amide bonds. The number of thioether (sulfide) groups is 1. The smallest absolute Gasteiger partial charge is 0.240 e. The van der Waals surface area contributed by atoms with Crippen LogP contribution in [0.15, 0.2) is 45.9 Å². The molecule has 2 aromatic rings. The maximum atomic E-state index is 12.1. The molecule has 26 heavy (non-hydrogen) atoms. The fourth-order valence-corrected chi connectivity index (χ4v) is 3.85. The predicted octanol–water partition coefficient (Wildman–Crippen LogP) is 4.01. The van der Waals surface area contributed by atoms with E-state index in [0.717, 1.165) is 4.88 Å². The number of carbonyl (C=O) groups is 2. The van der Waals surface area contributed by atoms with Crippen LogP contribution in [0, 0.1) is 0 Å². The summed E-state index contributed by atoms with van der Waals surface area (Å²) in [7, 11) is 0. The zero-order valence-electron chi connectivity index (χ0n) is 13.1. The van der Waals surface area contributed by atoms with Crippen molar-refractivity contribution in [1.82, 2.24) is 5.32 Å². The first-order valence-corrected chi connectivity index (χ1v) is 9.90. The second-order valence-corrected chi connectivity index (χ2v) is 8.13. The summed E-state index contributed by atoms with van der Waals surface area (Å²) in [5, 5.41) is 15.7. The van der Waals surface area contributed by atoms with Crippen molar-refractivity contribution in [2.75, 3.05) is 5.32 Å². The van der Waals surface area contributed by atoms with E-state index in [1.165, 1.54) is 23.1 Å². The van der Waals surface area contributed by atoms with Crippen molar-refractivity contribution in [3.8, 4) is 0 Å². The summed E-state index contributed by atoms with van der Waals surface area (Å²) in [4.78, 5) is 25.1. The lowest BCUT2D eigenvalue weighted by Crippen LogP contribution is -2.28. The second kappa shape index (κ2) is 8.68. The second-order valence-electron chi connectivity index (χ2n) is 5.14. The first kappa shape index (κ1) is 18.9. The van der Waals surface area contributed by atoms with E-state index in [9.17, 15) is 9.59 Å². The Labute approximate surface area is 167 Å². The highest BCUT2D eigenvalue weighted by molar-refractivity contribution is 8.15. The molecule has 0 unspecified atom stereocenters. The molecule has 1 aromatic heterocycles. The molecule has 6 nitrogen and oxygen atoms in total. The van der Waals surface area contributed by atoms with Gasteiger partial charge in [0, 0.05) is 17.0 Å². The Morgan fingerprint density at radius 2 is 2.15 bits per heavy atom. The minimum Gasteiger partial charge on any atom is -0.326 e. The lowest BCUT2D eigenvalue weighted by Gasteiger charge is -2.08. The number of amidine groups is 1. The van der Waals surface area contributed by atoms with Crippen LogP contribution in [0.4, 0.5) is 5.69 Å². The molecule has 1 atom stereocenters. The zero-order valence-corrected chi connectivity index (χ0v) is 16.3. The van der Waals surface area contributed by atoms with Gasteiger partial charge >= 0.3 is 0 Å². The van der Waals surface area contributed by atoms with E-state index in [2.05, 4.69) is 20.8 Å². The number of rotatable bonds is 5. The van der Waals surface area contributed by atoms with E-state index in [1.54, 1.807) is 24.4 Å². The van der Waals surface area contributed by atoms with Gasteiger partial charge in [0.25, 0.3) is 0 Å². The molecule has 0 spiro atoms. The van der Waals surface area contributed by atoms with Crippen LogP contribution in [-0.2, 0) is 9.59 Å². The van der Waals surface area contributed by atoms with Crippen LogP contribution < -0.4 is 10.6 Å². The summed E-state index contributed by atoms with van der Waals surface area (Å²) >= 11 is 14.5. The molecular weight excluding hydrogens is 415 g/mol. The average Bonchev–Trinajstić information content (AvgIpc) is 3.22. The molecule has 0 bridgehead atoms. The molecule has 1 aliphatic rings. The highest BCUT2D eigenvalue weighted by Gasteiger charge is 2.32. The Kier molecular flexibility index (Phi) is 6.31. The molecule has 1 saturated heterocycles. The summed E-state index contributed by atoms with van der Waals surface area (Å²) in [6.07, 6.45) is 1.61. The standard InChI is InChI=1S/C16H12Cl2N4O2S2/c17-11-4-3-9(6-12(11)18)20-14(23)7-13-15(24)21-16(26-13)22-19-8-10-2-1-5-25-10/h1-6,8,13H,7H2,(H,20,23)(H,21,22,24)/b19-8-/t13-/m0/s1. The molecule has 3 rings (SSSR count). The summed E-state index contributed by atoms with van der Waals surface area (Å²) in [6.45, 7) is 0. The minimum atomic E-state index is -0.562. The number of amides is 2. The molecule has 10 heteroatoms. The van der Waals surface area contributed by atoms with Crippen LogP contribution in [0.25, 0.3) is 0 Å². The molecule has 1 aromatic carbocycles. The van der Waals surface area contributed by atoms with Gasteiger partial charge in [-0.2, -0.15) is 5.10 Å². The van der Waals surface area contributed by atoms with Gasteiger partial charge in [0.2, 0.25) is 11.8 Å². The molecule has 0 aliphatic carbocycles. The molecule has 134 valence electrons. The van der Waals surface area contributed by atoms with E-state index >= 15 is 0 Å². The van der Waals surface area contributed by atoms with Crippen LogP contribution >= 0.6 is 46.3 Å². The number of benzene rings is 1. The molecule has 1 fully saturated rings. The highest BCUT2D eigenvalue weighted by atomic mass is 35.5. The molecule has 0 saturated carbocycles. The fourth-order valence-electron chi connectivity index (χ4n) is 2.04. The van der Waals surface area contributed by atoms with Gasteiger partial charge in [-0.25, -0.2) is 0 Å². The maximum absolute atomic E-state index is 12.1. The van der Waals surface area contributed by atoms with Gasteiger partial charge in [0.05, 0.1) is 16.3 Å². The number of thiophene rings is 1. The third-order valence-corrected chi connectivity index (χ3v) is 5.85. The van der Waals surface area contributed by atoms with Gasteiger partial charge in [-0.1, -0.05) is 41.0 Å². The van der Waals surface area contributed by atoms with Gasteiger partial charge in [0.1, 0.15) is 5.25 Å². The predicted molar refractivity (Wildman–Crippen MR) is 109 cm³/mol. The van der Waals surface area contributed by atoms with Crippen molar-refractivity contribution in [3.05, 3.63) is 50.6 Å². The first-order chi connectivity index (χ1) is 12.5. The molecular formula is C16H12Cl2N4O2S2. The summed E-state index contributed by atoms with van der Waals surface area (Å²) < 4.78 is 0. The number of nitrogens with one attached hydrogen (secondary N) is 2. The van der Waals surface area contributed by atoms with Crippen molar-refractivity contribution in [1.29, 1.82) is 0 Å². The summed E-state index contributed by atoms with van der Waals surface area (Å²) in [5.74, 6) is -0.580. The monoisotopic (exact) mass is 426 g/mol. The van der Waals surface area contributed by atoms with Crippen molar-refractivity contribution in [3.63, 3.8) is 0 Å². The lowest BCUT2D eigenvalue weighted by molar-refractivity contribution is -0.122. The highest BCUT2D eigenvalue weighted by Crippen LogP contribution is 2.26. The van der Waals surface area contributed by atoms with E-state index in [-0.39, 0.29) is 18.2 Å². The summed E-state index contributed by atoms with van der Waals surface area (Å²) in [6, 6.07) is 8.60. The number of halogens is 2. The number of anilines is 1. The fraction of sp³-hybridized carbons (Fsp3) is 0.125. The molecule has 2 N–H and O–H groups in total. The molecule has 0 radical (unpaired) electrons.